The maximum absolute atomic E-state index is 5.88. The lowest BCUT2D eigenvalue weighted by Crippen LogP contribution is -2.30. The molecule has 5 rings (SSSR count). The van der Waals surface area contributed by atoms with E-state index in [1.165, 1.54) is 5.56 Å². The molecular formula is C28H28N4OS. The molecule has 5 nitrogen and oxygen atoms in total. The molecule has 2 unspecified atom stereocenters. The number of pyridine rings is 1. The van der Waals surface area contributed by atoms with Gasteiger partial charge in [-0.15, -0.1) is 0 Å². The standard InChI is InChI=1S/C28H28N4OS/c1-19(2)33-23-14-12-21(13-15-23)32-27(26(30-28(32)34)24-10-4-5-16-29-24)25-11-7-17-31(25)22-9-6-8-20(3)18-22/h4-19,26-27H,1-3H3,(H,30,34). The van der Waals surface area contributed by atoms with E-state index in [0.717, 1.165) is 28.5 Å². The van der Waals surface area contributed by atoms with E-state index in [2.05, 4.69) is 87.5 Å². The number of hydrogen-bond donors (Lipinski definition) is 1. The van der Waals surface area contributed by atoms with Crippen molar-refractivity contribution in [2.75, 3.05) is 4.90 Å². The smallest absolute Gasteiger partial charge is 0.174 e. The Morgan fingerprint density at radius 1 is 0.941 bits per heavy atom. The summed E-state index contributed by atoms with van der Waals surface area (Å²) < 4.78 is 8.10. The molecule has 2 aromatic heterocycles. The van der Waals surface area contributed by atoms with Crippen molar-refractivity contribution in [2.45, 2.75) is 39.0 Å². The van der Waals surface area contributed by atoms with Gasteiger partial charge < -0.3 is 19.5 Å². The molecule has 1 fully saturated rings. The van der Waals surface area contributed by atoms with Gasteiger partial charge in [-0.2, -0.15) is 0 Å². The number of hydrogen-bond acceptors (Lipinski definition) is 3. The molecule has 1 aliphatic rings. The second kappa shape index (κ2) is 9.31. The first-order chi connectivity index (χ1) is 16.5. The van der Waals surface area contributed by atoms with Gasteiger partial charge in [-0.1, -0.05) is 18.2 Å². The van der Waals surface area contributed by atoms with Crippen LogP contribution in [0.15, 0.2) is 91.3 Å². The SMILES string of the molecule is Cc1cccc(-n2cccc2C2C(c3ccccn3)NC(=S)N2c2ccc(OC(C)C)cc2)c1. The Hall–Kier alpha value is -3.64. The molecule has 0 radical (unpaired) electrons. The Morgan fingerprint density at radius 3 is 2.47 bits per heavy atom. The number of aryl methyl sites for hydroxylation is 1. The van der Waals surface area contributed by atoms with Crippen LogP contribution in [0.25, 0.3) is 5.69 Å². The number of aromatic nitrogens is 2. The van der Waals surface area contributed by atoms with Gasteiger partial charge in [-0.25, -0.2) is 0 Å². The Labute approximate surface area is 206 Å². The van der Waals surface area contributed by atoms with Gasteiger partial charge in [-0.3, -0.25) is 4.98 Å². The zero-order valence-corrected chi connectivity index (χ0v) is 20.4. The van der Waals surface area contributed by atoms with Crippen LogP contribution in [0.3, 0.4) is 0 Å². The Balaban J connectivity index is 1.61. The van der Waals surface area contributed by atoms with Crippen molar-refractivity contribution >= 4 is 23.0 Å². The fourth-order valence-corrected chi connectivity index (χ4v) is 4.88. The first kappa shape index (κ1) is 22.2. The van der Waals surface area contributed by atoms with Gasteiger partial charge in [0.15, 0.2) is 5.11 Å². The highest BCUT2D eigenvalue weighted by Crippen LogP contribution is 2.42. The van der Waals surface area contributed by atoms with E-state index in [-0.39, 0.29) is 18.2 Å². The van der Waals surface area contributed by atoms with Crippen molar-refractivity contribution in [3.05, 3.63) is 108 Å². The molecule has 172 valence electrons. The molecule has 0 aliphatic carbocycles. The summed E-state index contributed by atoms with van der Waals surface area (Å²) in [5.41, 5.74) is 5.44. The minimum absolute atomic E-state index is 0.0882. The summed E-state index contributed by atoms with van der Waals surface area (Å²) in [6.07, 6.45) is 4.06. The number of nitrogens with one attached hydrogen (secondary N) is 1. The molecule has 34 heavy (non-hydrogen) atoms. The number of rotatable bonds is 6. The van der Waals surface area contributed by atoms with Crippen molar-refractivity contribution in [1.29, 1.82) is 0 Å². The third-order valence-electron chi connectivity index (χ3n) is 5.95. The maximum Gasteiger partial charge on any atom is 0.174 e. The quantitative estimate of drug-likeness (QED) is 0.344. The van der Waals surface area contributed by atoms with Crippen LogP contribution in [-0.2, 0) is 0 Å². The zero-order chi connectivity index (χ0) is 23.7. The molecule has 1 saturated heterocycles. The Kier molecular flexibility index (Phi) is 6.07. The molecule has 0 bridgehead atoms. The Morgan fingerprint density at radius 2 is 1.76 bits per heavy atom. The third-order valence-corrected chi connectivity index (χ3v) is 6.26. The second-order valence-corrected chi connectivity index (χ2v) is 9.19. The normalized spacial score (nSPS) is 17.8. The Bertz CT molecular complexity index is 1280. The zero-order valence-electron chi connectivity index (χ0n) is 19.6. The van der Waals surface area contributed by atoms with Gasteiger partial charge in [-0.05, 0) is 99.2 Å². The average molecular weight is 469 g/mol. The summed E-state index contributed by atoms with van der Waals surface area (Å²) in [6.45, 7) is 6.17. The largest absolute Gasteiger partial charge is 0.491 e. The van der Waals surface area contributed by atoms with Gasteiger partial charge >= 0.3 is 0 Å². The van der Waals surface area contributed by atoms with E-state index >= 15 is 0 Å². The molecule has 0 spiro atoms. The van der Waals surface area contributed by atoms with Crippen LogP contribution >= 0.6 is 12.2 Å². The van der Waals surface area contributed by atoms with E-state index in [9.17, 15) is 0 Å². The summed E-state index contributed by atoms with van der Waals surface area (Å²) >= 11 is 5.88. The summed E-state index contributed by atoms with van der Waals surface area (Å²) in [4.78, 5) is 6.86. The monoisotopic (exact) mass is 468 g/mol. The topological polar surface area (TPSA) is 42.3 Å². The van der Waals surface area contributed by atoms with Crippen LogP contribution in [0.1, 0.15) is 42.9 Å². The highest BCUT2D eigenvalue weighted by atomic mass is 32.1. The van der Waals surface area contributed by atoms with E-state index in [4.69, 9.17) is 17.0 Å². The van der Waals surface area contributed by atoms with E-state index in [1.807, 2.05) is 44.3 Å². The molecule has 6 heteroatoms. The van der Waals surface area contributed by atoms with E-state index < -0.39 is 0 Å². The molecule has 4 aromatic rings. The van der Waals surface area contributed by atoms with Crippen LogP contribution in [0, 0.1) is 6.92 Å². The fourth-order valence-electron chi connectivity index (χ4n) is 4.54. The molecule has 1 N–H and O–H groups in total. The summed E-state index contributed by atoms with van der Waals surface area (Å²) in [6, 6.07) is 26.8. The average Bonchev–Trinajstić information content (AvgIpc) is 3.44. The highest BCUT2D eigenvalue weighted by molar-refractivity contribution is 7.80. The number of benzene rings is 2. The van der Waals surface area contributed by atoms with E-state index in [0.29, 0.717) is 5.11 Å². The van der Waals surface area contributed by atoms with Crippen LogP contribution in [0.5, 0.6) is 5.75 Å². The van der Waals surface area contributed by atoms with Crippen LogP contribution in [0.4, 0.5) is 5.69 Å². The number of thiocarbonyl (C=S) groups is 1. The molecule has 1 aliphatic heterocycles. The molecule has 3 heterocycles. The lowest BCUT2D eigenvalue weighted by Gasteiger charge is -2.29. The predicted molar refractivity (Wildman–Crippen MR) is 141 cm³/mol. The molecular weight excluding hydrogens is 440 g/mol. The summed E-state index contributed by atoms with van der Waals surface area (Å²) in [7, 11) is 0. The van der Waals surface area contributed by atoms with Crippen molar-refractivity contribution in [2.24, 2.45) is 0 Å². The molecule has 2 aromatic carbocycles. The summed E-state index contributed by atoms with van der Waals surface area (Å²) in [5.74, 6) is 0.845. The van der Waals surface area contributed by atoms with Crippen molar-refractivity contribution < 1.29 is 4.74 Å². The third kappa shape index (κ3) is 4.29. The second-order valence-electron chi connectivity index (χ2n) is 8.80. The van der Waals surface area contributed by atoms with Gasteiger partial charge in [0.1, 0.15) is 11.8 Å². The molecule has 0 amide bonds. The number of ether oxygens (including phenoxy) is 1. The van der Waals surface area contributed by atoms with E-state index in [1.54, 1.807) is 0 Å². The van der Waals surface area contributed by atoms with Crippen molar-refractivity contribution in [3.8, 4) is 11.4 Å². The van der Waals surface area contributed by atoms with Gasteiger partial charge in [0.05, 0.1) is 17.8 Å². The fraction of sp³-hybridized carbons (Fsp3) is 0.214. The lowest BCUT2D eigenvalue weighted by molar-refractivity contribution is 0.242. The van der Waals surface area contributed by atoms with Crippen molar-refractivity contribution in [3.63, 3.8) is 0 Å². The predicted octanol–water partition coefficient (Wildman–Crippen LogP) is 6.15. The number of nitrogens with zero attached hydrogens (tertiary/aromatic N) is 3. The van der Waals surface area contributed by atoms with Crippen LogP contribution in [0.2, 0.25) is 0 Å². The lowest BCUT2D eigenvalue weighted by atomic mass is 10.0. The van der Waals surface area contributed by atoms with Gasteiger partial charge in [0.2, 0.25) is 0 Å². The summed E-state index contributed by atoms with van der Waals surface area (Å²) in [5, 5.41) is 4.22. The van der Waals surface area contributed by atoms with Crippen molar-refractivity contribution in [1.82, 2.24) is 14.9 Å². The minimum atomic E-state index is -0.0984. The minimum Gasteiger partial charge on any atom is -0.491 e. The maximum atomic E-state index is 5.88. The first-order valence-corrected chi connectivity index (χ1v) is 11.9. The highest BCUT2D eigenvalue weighted by Gasteiger charge is 2.42. The molecule has 2 atom stereocenters. The van der Waals surface area contributed by atoms with Gasteiger partial charge in [0.25, 0.3) is 0 Å². The van der Waals surface area contributed by atoms with Gasteiger partial charge in [0, 0.05) is 29.5 Å². The van der Waals surface area contributed by atoms with Crippen LogP contribution in [-0.4, -0.2) is 20.8 Å². The van der Waals surface area contributed by atoms with Crippen LogP contribution < -0.4 is 15.0 Å². The molecule has 0 saturated carbocycles. The number of anilines is 1. The first-order valence-electron chi connectivity index (χ1n) is 11.5.